The fourth-order valence-corrected chi connectivity index (χ4v) is 3.47. The average Bonchev–Trinajstić information content (AvgIpc) is 3.34. The molecule has 1 aromatic rings. The Morgan fingerprint density at radius 2 is 2.15 bits per heavy atom. The van der Waals surface area contributed by atoms with Crippen LogP contribution >= 0.6 is 0 Å². The summed E-state index contributed by atoms with van der Waals surface area (Å²) in [6.45, 7) is 12.2. The number of aliphatic imine (C=N–C) groups is 1. The number of guanidine groups is 1. The second-order valence-corrected chi connectivity index (χ2v) is 6.74. The molecule has 152 valence electrons. The van der Waals surface area contributed by atoms with E-state index >= 15 is 0 Å². The number of likely N-dealkylation sites (tertiary alicyclic amines) is 1. The van der Waals surface area contributed by atoms with Crippen LogP contribution in [0.2, 0.25) is 0 Å². The topological polar surface area (TPSA) is 73.1 Å². The summed E-state index contributed by atoms with van der Waals surface area (Å²) in [5, 5.41) is 6.69. The first kappa shape index (κ1) is 21.3. The van der Waals surface area contributed by atoms with E-state index in [9.17, 15) is 4.79 Å². The van der Waals surface area contributed by atoms with Crippen molar-refractivity contribution in [3.8, 4) is 0 Å². The van der Waals surface area contributed by atoms with Gasteiger partial charge in [-0.25, -0.2) is 0 Å². The lowest BCUT2D eigenvalue weighted by molar-refractivity contribution is -0.127. The van der Waals surface area contributed by atoms with Crippen LogP contribution in [0.4, 0.5) is 0 Å². The number of amides is 1. The lowest BCUT2D eigenvalue weighted by Crippen LogP contribution is -2.40. The highest BCUT2D eigenvalue weighted by atomic mass is 16.3. The number of carbonyl (C=O) groups is 1. The van der Waals surface area contributed by atoms with Gasteiger partial charge in [-0.3, -0.25) is 14.7 Å². The summed E-state index contributed by atoms with van der Waals surface area (Å²) in [5.41, 5.74) is 0. The van der Waals surface area contributed by atoms with Gasteiger partial charge in [-0.15, -0.1) is 0 Å². The summed E-state index contributed by atoms with van der Waals surface area (Å²) in [5.74, 6) is 2.05. The molecule has 2 rings (SSSR count). The Balaban J connectivity index is 1.88. The molecule has 7 nitrogen and oxygen atoms in total. The number of furan rings is 1. The lowest BCUT2D eigenvalue weighted by atomic mass is 10.2. The molecule has 0 spiro atoms. The van der Waals surface area contributed by atoms with Gasteiger partial charge in [0.15, 0.2) is 5.96 Å². The standard InChI is InChI=1S/C20H35N5O2/c1-4-21-20(22-12-9-14-25-13-7-11-19(25)26)23-16-17(24(5-2)6-3)18-10-8-15-27-18/h8,10,15,17H,4-7,9,11-14,16H2,1-3H3,(H2,21,22,23). The Morgan fingerprint density at radius 3 is 2.74 bits per heavy atom. The monoisotopic (exact) mass is 377 g/mol. The first-order valence-corrected chi connectivity index (χ1v) is 10.3. The van der Waals surface area contributed by atoms with Gasteiger partial charge in [0.2, 0.25) is 5.91 Å². The SMILES string of the molecule is CCNC(=NCC(c1ccco1)N(CC)CC)NCCCN1CCCC1=O. The van der Waals surface area contributed by atoms with Gasteiger partial charge < -0.3 is 20.0 Å². The summed E-state index contributed by atoms with van der Waals surface area (Å²) in [4.78, 5) is 20.8. The number of likely N-dealkylation sites (N-methyl/N-ethyl adjacent to an activating group) is 1. The zero-order valence-electron chi connectivity index (χ0n) is 17.0. The molecule has 0 saturated carbocycles. The van der Waals surface area contributed by atoms with E-state index < -0.39 is 0 Å². The van der Waals surface area contributed by atoms with Crippen molar-refractivity contribution in [2.45, 2.75) is 46.1 Å². The van der Waals surface area contributed by atoms with Crippen molar-refractivity contribution in [2.24, 2.45) is 4.99 Å². The largest absolute Gasteiger partial charge is 0.468 e. The van der Waals surface area contributed by atoms with Crippen LogP contribution < -0.4 is 10.6 Å². The number of carbonyl (C=O) groups excluding carboxylic acids is 1. The Morgan fingerprint density at radius 1 is 1.33 bits per heavy atom. The molecule has 0 aromatic carbocycles. The molecule has 1 aliphatic rings. The first-order valence-electron chi connectivity index (χ1n) is 10.3. The minimum absolute atomic E-state index is 0.132. The van der Waals surface area contributed by atoms with Crippen molar-refractivity contribution in [3.05, 3.63) is 24.2 Å². The van der Waals surface area contributed by atoms with Gasteiger partial charge in [-0.2, -0.15) is 0 Å². The lowest BCUT2D eigenvalue weighted by Gasteiger charge is -2.27. The summed E-state index contributed by atoms with van der Waals surface area (Å²) in [6.07, 6.45) is 4.35. The fourth-order valence-electron chi connectivity index (χ4n) is 3.47. The minimum atomic E-state index is 0.132. The summed E-state index contributed by atoms with van der Waals surface area (Å²) < 4.78 is 5.65. The van der Waals surface area contributed by atoms with Crippen LogP contribution in [0.1, 0.15) is 51.8 Å². The molecule has 1 aliphatic heterocycles. The normalized spacial score (nSPS) is 16.2. The van der Waals surface area contributed by atoms with E-state index in [-0.39, 0.29) is 11.9 Å². The fraction of sp³-hybridized carbons (Fsp3) is 0.700. The third-order valence-electron chi connectivity index (χ3n) is 4.96. The molecule has 7 heteroatoms. The molecule has 1 aromatic heterocycles. The van der Waals surface area contributed by atoms with Gasteiger partial charge in [-0.05, 0) is 45.0 Å². The molecule has 0 radical (unpaired) electrons. The maximum atomic E-state index is 11.7. The second kappa shape index (κ2) is 11.6. The molecule has 2 N–H and O–H groups in total. The average molecular weight is 378 g/mol. The molecule has 1 unspecified atom stereocenters. The molecular weight excluding hydrogens is 342 g/mol. The zero-order valence-corrected chi connectivity index (χ0v) is 17.0. The maximum absolute atomic E-state index is 11.7. The smallest absolute Gasteiger partial charge is 0.222 e. The number of hydrogen-bond donors (Lipinski definition) is 2. The van der Waals surface area contributed by atoms with E-state index in [0.717, 1.165) is 63.8 Å². The molecule has 1 fully saturated rings. The van der Waals surface area contributed by atoms with E-state index in [1.54, 1.807) is 6.26 Å². The molecule has 1 atom stereocenters. The number of nitrogens with one attached hydrogen (secondary N) is 2. The number of hydrogen-bond acceptors (Lipinski definition) is 4. The molecule has 2 heterocycles. The van der Waals surface area contributed by atoms with E-state index in [1.165, 1.54) is 0 Å². The van der Waals surface area contributed by atoms with E-state index in [0.29, 0.717) is 13.0 Å². The number of rotatable bonds is 11. The Kier molecular flexibility index (Phi) is 9.18. The highest BCUT2D eigenvalue weighted by Gasteiger charge is 2.21. The van der Waals surface area contributed by atoms with Crippen molar-refractivity contribution in [1.29, 1.82) is 0 Å². The number of nitrogens with zero attached hydrogens (tertiary/aromatic N) is 3. The minimum Gasteiger partial charge on any atom is -0.468 e. The van der Waals surface area contributed by atoms with Gasteiger partial charge in [0.05, 0.1) is 18.8 Å². The van der Waals surface area contributed by atoms with Crippen molar-refractivity contribution in [2.75, 3.05) is 45.8 Å². The van der Waals surface area contributed by atoms with Gasteiger partial charge >= 0.3 is 0 Å². The van der Waals surface area contributed by atoms with E-state index in [2.05, 4.69) is 36.3 Å². The third-order valence-corrected chi connectivity index (χ3v) is 4.96. The molecule has 0 aliphatic carbocycles. The highest BCUT2D eigenvalue weighted by Crippen LogP contribution is 2.21. The first-order chi connectivity index (χ1) is 13.2. The molecular formula is C20H35N5O2. The zero-order chi connectivity index (χ0) is 19.5. The molecule has 27 heavy (non-hydrogen) atoms. The van der Waals surface area contributed by atoms with Crippen molar-refractivity contribution in [3.63, 3.8) is 0 Å². The quantitative estimate of drug-likeness (QED) is 0.351. The third kappa shape index (κ3) is 6.57. The predicted molar refractivity (Wildman–Crippen MR) is 109 cm³/mol. The summed E-state index contributed by atoms with van der Waals surface area (Å²) in [7, 11) is 0. The van der Waals surface area contributed by atoms with Gasteiger partial charge in [0.1, 0.15) is 5.76 Å². The molecule has 0 bridgehead atoms. The summed E-state index contributed by atoms with van der Waals surface area (Å²) in [6, 6.07) is 4.08. The summed E-state index contributed by atoms with van der Waals surface area (Å²) >= 11 is 0. The van der Waals surface area contributed by atoms with Crippen molar-refractivity contribution < 1.29 is 9.21 Å². The molecule has 1 amide bonds. The van der Waals surface area contributed by atoms with E-state index in [4.69, 9.17) is 9.41 Å². The molecule has 1 saturated heterocycles. The van der Waals surface area contributed by atoms with E-state index in [1.807, 2.05) is 17.0 Å². The Labute approximate surface area is 163 Å². The highest BCUT2D eigenvalue weighted by molar-refractivity contribution is 5.80. The van der Waals surface area contributed by atoms with Crippen LogP contribution in [0, 0.1) is 0 Å². The predicted octanol–water partition coefficient (Wildman–Crippen LogP) is 2.23. The van der Waals surface area contributed by atoms with Crippen molar-refractivity contribution in [1.82, 2.24) is 20.4 Å². The van der Waals surface area contributed by atoms with Crippen LogP contribution in [-0.2, 0) is 4.79 Å². The van der Waals surface area contributed by atoms with Crippen LogP contribution in [-0.4, -0.2) is 67.5 Å². The Bertz CT molecular complexity index is 569. The van der Waals surface area contributed by atoms with Crippen LogP contribution in [0.3, 0.4) is 0 Å². The Hall–Kier alpha value is -2.02. The van der Waals surface area contributed by atoms with Crippen LogP contribution in [0.5, 0.6) is 0 Å². The maximum Gasteiger partial charge on any atom is 0.222 e. The van der Waals surface area contributed by atoms with Crippen molar-refractivity contribution >= 4 is 11.9 Å². The van der Waals surface area contributed by atoms with Crippen LogP contribution in [0.25, 0.3) is 0 Å². The second-order valence-electron chi connectivity index (χ2n) is 6.74. The van der Waals surface area contributed by atoms with Gasteiger partial charge in [-0.1, -0.05) is 13.8 Å². The van der Waals surface area contributed by atoms with Gasteiger partial charge in [0, 0.05) is 32.6 Å². The van der Waals surface area contributed by atoms with Crippen LogP contribution in [0.15, 0.2) is 27.8 Å². The van der Waals surface area contributed by atoms with Gasteiger partial charge in [0.25, 0.3) is 0 Å².